The van der Waals surface area contributed by atoms with Crippen LogP contribution in [-0.4, -0.2) is 30.3 Å². The molecular weight excluding hydrogens is 407 g/mol. The number of nitrogens with one attached hydrogen (secondary N) is 1. The highest BCUT2D eigenvalue weighted by Gasteiger charge is 2.31. The molecule has 0 aliphatic carbocycles. The lowest BCUT2D eigenvalue weighted by Gasteiger charge is -2.19. The van der Waals surface area contributed by atoms with Gasteiger partial charge < -0.3 is 10.5 Å². The summed E-state index contributed by atoms with van der Waals surface area (Å²) in [6.07, 6.45) is -0.253. The Balaban J connectivity index is 2.81. The van der Waals surface area contributed by atoms with Crippen LogP contribution >= 0.6 is 69.6 Å². The maximum atomic E-state index is 11.7. The minimum absolute atomic E-state index is 0.0263. The van der Waals surface area contributed by atoms with Crippen LogP contribution in [0.4, 0.5) is 0 Å². The van der Waals surface area contributed by atoms with Crippen molar-refractivity contribution in [2.75, 3.05) is 0 Å². The molecule has 0 aliphatic heterocycles. The van der Waals surface area contributed by atoms with Crippen molar-refractivity contribution in [3.05, 3.63) is 28.4 Å². The fraction of sp³-hybridized carbons (Fsp3) is 0.500. The first kappa shape index (κ1) is 19.3. The van der Waals surface area contributed by atoms with E-state index in [-0.39, 0.29) is 24.4 Å². The summed E-state index contributed by atoms with van der Waals surface area (Å²) in [5.74, 6) is 0. The Bertz CT molecular complexity index is 577. The highest BCUT2D eigenvalue weighted by molar-refractivity contribution is 6.68. The fourth-order valence-electron chi connectivity index (χ4n) is 1.33. The standard InChI is InChI=1S/C10H9Cl6N3O2/c11-9(12,13)6-1-2-19(8(21)18-6)4-5(17)3-7(20)10(14,15)16/h1-2,7,17,20H,3-4H2. The van der Waals surface area contributed by atoms with E-state index in [1.54, 1.807) is 0 Å². The van der Waals surface area contributed by atoms with Crippen molar-refractivity contribution in [2.24, 2.45) is 0 Å². The van der Waals surface area contributed by atoms with E-state index >= 15 is 0 Å². The molecule has 11 heteroatoms. The third-order valence-electron chi connectivity index (χ3n) is 2.34. The molecule has 0 aliphatic rings. The topological polar surface area (TPSA) is 79.0 Å². The first-order chi connectivity index (χ1) is 9.41. The number of hydrogen-bond donors (Lipinski definition) is 2. The number of hydrogen-bond acceptors (Lipinski definition) is 4. The molecule has 1 aromatic rings. The van der Waals surface area contributed by atoms with E-state index in [0.717, 1.165) is 4.57 Å². The van der Waals surface area contributed by atoms with Gasteiger partial charge in [-0.3, -0.25) is 4.57 Å². The Labute approximate surface area is 150 Å². The Hall–Kier alpha value is 0.250. The van der Waals surface area contributed by atoms with Crippen LogP contribution in [0.15, 0.2) is 17.1 Å². The zero-order valence-corrected chi connectivity index (χ0v) is 14.7. The van der Waals surface area contributed by atoms with E-state index in [1.807, 2.05) is 0 Å². The van der Waals surface area contributed by atoms with Gasteiger partial charge in [-0.05, 0) is 6.07 Å². The molecular formula is C10H9Cl6N3O2. The maximum absolute atomic E-state index is 11.7. The van der Waals surface area contributed by atoms with Gasteiger partial charge in [0.1, 0.15) is 6.10 Å². The van der Waals surface area contributed by atoms with Crippen LogP contribution in [0.25, 0.3) is 0 Å². The lowest BCUT2D eigenvalue weighted by Crippen LogP contribution is -2.32. The van der Waals surface area contributed by atoms with Gasteiger partial charge in [0.25, 0.3) is 0 Å². The third-order valence-corrected chi connectivity index (χ3v) is 3.68. The van der Waals surface area contributed by atoms with Gasteiger partial charge in [0.05, 0.1) is 12.2 Å². The Kier molecular flexibility index (Phi) is 6.63. The third kappa shape index (κ3) is 6.10. The number of alkyl halides is 6. The molecule has 0 fully saturated rings. The molecule has 1 atom stereocenters. The second-order valence-electron chi connectivity index (χ2n) is 4.09. The van der Waals surface area contributed by atoms with E-state index in [4.69, 9.17) is 75.0 Å². The monoisotopic (exact) mass is 413 g/mol. The van der Waals surface area contributed by atoms with Crippen LogP contribution in [0.1, 0.15) is 12.1 Å². The van der Waals surface area contributed by atoms with E-state index in [0.29, 0.717) is 0 Å². The summed E-state index contributed by atoms with van der Waals surface area (Å²) in [4.78, 5) is 15.3. The maximum Gasteiger partial charge on any atom is 0.348 e. The van der Waals surface area contributed by atoms with Crippen LogP contribution in [0, 0.1) is 5.41 Å². The average Bonchev–Trinajstić information content (AvgIpc) is 2.29. The van der Waals surface area contributed by atoms with Gasteiger partial charge in [-0.25, -0.2) is 4.79 Å². The molecule has 118 valence electrons. The fourth-order valence-corrected chi connectivity index (χ4v) is 1.87. The average molecular weight is 416 g/mol. The molecule has 0 radical (unpaired) electrons. The van der Waals surface area contributed by atoms with Crippen molar-refractivity contribution in [3.8, 4) is 0 Å². The summed E-state index contributed by atoms with van der Waals surface area (Å²) in [7, 11) is 0. The van der Waals surface area contributed by atoms with Crippen molar-refractivity contribution in [1.82, 2.24) is 9.55 Å². The van der Waals surface area contributed by atoms with E-state index in [9.17, 15) is 9.90 Å². The second kappa shape index (κ2) is 7.21. The van der Waals surface area contributed by atoms with Crippen molar-refractivity contribution < 1.29 is 5.11 Å². The van der Waals surface area contributed by atoms with Gasteiger partial charge in [-0.2, -0.15) is 4.98 Å². The molecule has 0 saturated heterocycles. The van der Waals surface area contributed by atoms with E-state index in [1.165, 1.54) is 12.3 Å². The highest BCUT2D eigenvalue weighted by Crippen LogP contribution is 2.36. The summed E-state index contributed by atoms with van der Waals surface area (Å²) in [6.45, 7) is -0.135. The minimum Gasteiger partial charge on any atom is -0.388 e. The van der Waals surface area contributed by atoms with Crippen molar-refractivity contribution >= 4 is 75.3 Å². The number of rotatable bonds is 4. The van der Waals surface area contributed by atoms with Gasteiger partial charge in [-0.15, -0.1) is 0 Å². The smallest absolute Gasteiger partial charge is 0.348 e. The van der Waals surface area contributed by atoms with Gasteiger partial charge in [0.15, 0.2) is 0 Å². The van der Waals surface area contributed by atoms with Crippen LogP contribution in [0.3, 0.4) is 0 Å². The van der Waals surface area contributed by atoms with Gasteiger partial charge in [-0.1, -0.05) is 69.6 Å². The molecule has 0 saturated carbocycles. The quantitative estimate of drug-likeness (QED) is 0.585. The first-order valence-electron chi connectivity index (χ1n) is 5.37. The van der Waals surface area contributed by atoms with Crippen molar-refractivity contribution in [2.45, 2.75) is 26.7 Å². The molecule has 0 bridgehead atoms. The molecule has 0 spiro atoms. The zero-order chi connectivity index (χ0) is 16.4. The normalized spacial score (nSPS) is 14.0. The predicted octanol–water partition coefficient (Wildman–Crippen LogP) is 3.21. The Morgan fingerprint density at radius 2 is 1.90 bits per heavy atom. The number of aliphatic hydroxyl groups excluding tert-OH is 1. The summed E-state index contributed by atoms with van der Waals surface area (Å²) >= 11 is 33.3. The summed E-state index contributed by atoms with van der Waals surface area (Å²) < 4.78 is -2.61. The predicted molar refractivity (Wildman–Crippen MR) is 86.4 cm³/mol. The summed E-state index contributed by atoms with van der Waals surface area (Å²) in [5, 5.41) is 17.3. The molecule has 1 unspecified atom stereocenters. The number of aliphatic hydroxyl groups is 1. The molecule has 0 aromatic carbocycles. The molecule has 0 amide bonds. The van der Waals surface area contributed by atoms with Gasteiger partial charge in [0, 0.05) is 18.3 Å². The first-order valence-corrected chi connectivity index (χ1v) is 7.64. The van der Waals surface area contributed by atoms with Gasteiger partial charge >= 0.3 is 5.69 Å². The Morgan fingerprint density at radius 1 is 1.33 bits per heavy atom. The molecule has 1 heterocycles. The van der Waals surface area contributed by atoms with Crippen LogP contribution < -0.4 is 5.69 Å². The molecule has 1 aromatic heterocycles. The minimum atomic E-state index is -1.91. The largest absolute Gasteiger partial charge is 0.388 e. The number of nitrogens with zero attached hydrogens (tertiary/aromatic N) is 2. The molecule has 21 heavy (non-hydrogen) atoms. The van der Waals surface area contributed by atoms with E-state index < -0.39 is 19.4 Å². The molecule has 2 N–H and O–H groups in total. The SMILES string of the molecule is N=C(CC(O)C(Cl)(Cl)Cl)Cn1ccc(C(Cl)(Cl)Cl)nc1=O. The lowest BCUT2D eigenvalue weighted by molar-refractivity contribution is 0.186. The lowest BCUT2D eigenvalue weighted by atomic mass is 10.2. The Morgan fingerprint density at radius 3 is 2.33 bits per heavy atom. The number of halogens is 6. The zero-order valence-electron chi connectivity index (χ0n) is 10.2. The van der Waals surface area contributed by atoms with Crippen LogP contribution in [0.5, 0.6) is 0 Å². The van der Waals surface area contributed by atoms with Gasteiger partial charge in [0.2, 0.25) is 7.59 Å². The molecule has 5 nitrogen and oxygen atoms in total. The highest BCUT2D eigenvalue weighted by atomic mass is 35.6. The molecule has 1 rings (SSSR count). The van der Waals surface area contributed by atoms with E-state index in [2.05, 4.69) is 4.98 Å². The van der Waals surface area contributed by atoms with Crippen molar-refractivity contribution in [1.29, 1.82) is 5.41 Å². The second-order valence-corrected chi connectivity index (χ2v) is 8.74. The van der Waals surface area contributed by atoms with Crippen molar-refractivity contribution in [3.63, 3.8) is 0 Å². The number of aromatic nitrogens is 2. The van der Waals surface area contributed by atoms with Crippen LogP contribution in [0.2, 0.25) is 0 Å². The summed E-state index contributed by atoms with van der Waals surface area (Å²) in [6, 6.07) is 1.34. The van der Waals surface area contributed by atoms with Crippen LogP contribution in [-0.2, 0) is 10.3 Å². The summed E-state index contributed by atoms with van der Waals surface area (Å²) in [5.41, 5.74) is -0.757.